The summed E-state index contributed by atoms with van der Waals surface area (Å²) in [5.74, 6) is 1.87. The number of nitrogens with one attached hydrogen (secondary N) is 1. The Balaban J connectivity index is 1.72. The average molecular weight is 259 g/mol. The predicted molar refractivity (Wildman–Crippen MR) is 77.6 cm³/mol. The van der Waals surface area contributed by atoms with Gasteiger partial charge in [0.05, 0.1) is 6.61 Å². The molecule has 0 aliphatic rings. The number of nitrogens with zero attached hydrogens (tertiary/aromatic N) is 2. The first kappa shape index (κ1) is 13.5. The predicted octanol–water partition coefficient (Wildman–Crippen LogP) is 3.17. The molecule has 0 radical (unpaired) electrons. The van der Waals surface area contributed by atoms with Crippen LogP contribution in [0.4, 0.5) is 5.95 Å². The molecule has 102 valence electrons. The van der Waals surface area contributed by atoms with Crippen molar-refractivity contribution in [2.45, 2.75) is 26.3 Å². The molecule has 1 N–H and O–H groups in total. The molecule has 4 nitrogen and oxygen atoms in total. The number of imidazole rings is 1. The molecule has 4 heteroatoms. The Bertz CT molecular complexity index is 467. The molecule has 2 rings (SSSR count). The lowest BCUT2D eigenvalue weighted by molar-refractivity contribution is 0.302. The summed E-state index contributed by atoms with van der Waals surface area (Å²) in [5, 5.41) is 3.31. The fraction of sp³-hybridized carbons (Fsp3) is 0.400. The monoisotopic (exact) mass is 259 g/mol. The van der Waals surface area contributed by atoms with E-state index in [4.69, 9.17) is 4.74 Å². The summed E-state index contributed by atoms with van der Waals surface area (Å²) >= 11 is 0. The number of benzene rings is 1. The van der Waals surface area contributed by atoms with Crippen molar-refractivity contribution in [2.75, 3.05) is 18.5 Å². The summed E-state index contributed by atoms with van der Waals surface area (Å²) in [6, 6.07) is 9.91. The van der Waals surface area contributed by atoms with Gasteiger partial charge in [0.1, 0.15) is 5.75 Å². The Morgan fingerprint density at radius 1 is 1.26 bits per heavy atom. The van der Waals surface area contributed by atoms with Gasteiger partial charge >= 0.3 is 0 Å². The van der Waals surface area contributed by atoms with Gasteiger partial charge in [0.25, 0.3) is 0 Å². The number of hydrogen-bond donors (Lipinski definition) is 1. The van der Waals surface area contributed by atoms with Gasteiger partial charge in [-0.05, 0) is 25.0 Å². The number of aromatic nitrogens is 2. The maximum atomic E-state index is 5.67. The molecule has 0 aliphatic carbocycles. The summed E-state index contributed by atoms with van der Waals surface area (Å²) in [6.07, 6.45) is 5.90. The topological polar surface area (TPSA) is 39.1 Å². The van der Waals surface area contributed by atoms with Crippen LogP contribution in [-0.4, -0.2) is 22.7 Å². The van der Waals surface area contributed by atoms with E-state index in [-0.39, 0.29) is 0 Å². The summed E-state index contributed by atoms with van der Waals surface area (Å²) < 4.78 is 7.80. The lowest BCUT2D eigenvalue weighted by Crippen LogP contribution is -2.10. The molecule has 0 unspecified atom stereocenters. The van der Waals surface area contributed by atoms with E-state index in [9.17, 15) is 0 Å². The number of aryl methyl sites for hydroxylation is 1. The van der Waals surface area contributed by atoms with E-state index in [1.165, 1.54) is 0 Å². The number of ether oxygens (including phenoxy) is 1. The van der Waals surface area contributed by atoms with Crippen molar-refractivity contribution >= 4 is 5.95 Å². The van der Waals surface area contributed by atoms with Gasteiger partial charge < -0.3 is 14.6 Å². The summed E-state index contributed by atoms with van der Waals surface area (Å²) in [5.41, 5.74) is 0. The fourth-order valence-corrected chi connectivity index (χ4v) is 1.84. The average Bonchev–Trinajstić information content (AvgIpc) is 2.90. The van der Waals surface area contributed by atoms with Gasteiger partial charge in [0.15, 0.2) is 0 Å². The van der Waals surface area contributed by atoms with Crippen molar-refractivity contribution in [2.24, 2.45) is 0 Å². The molecule has 0 saturated heterocycles. The highest BCUT2D eigenvalue weighted by Gasteiger charge is 2.01. The van der Waals surface area contributed by atoms with Crippen molar-refractivity contribution in [3.63, 3.8) is 0 Å². The molecule has 1 aromatic heterocycles. The molecule has 0 spiro atoms. The zero-order chi connectivity index (χ0) is 13.3. The largest absolute Gasteiger partial charge is 0.494 e. The van der Waals surface area contributed by atoms with E-state index >= 15 is 0 Å². The van der Waals surface area contributed by atoms with E-state index in [1.807, 2.05) is 42.7 Å². The first-order valence-corrected chi connectivity index (χ1v) is 6.83. The number of hydrogen-bond acceptors (Lipinski definition) is 3. The third-order valence-corrected chi connectivity index (χ3v) is 2.80. The molecule has 0 atom stereocenters. The zero-order valence-corrected chi connectivity index (χ0v) is 11.4. The van der Waals surface area contributed by atoms with Crippen LogP contribution >= 0.6 is 0 Å². The quantitative estimate of drug-likeness (QED) is 0.740. The number of rotatable bonds is 8. The second-order valence-electron chi connectivity index (χ2n) is 4.39. The maximum Gasteiger partial charge on any atom is 0.202 e. The van der Waals surface area contributed by atoms with Crippen molar-refractivity contribution in [3.8, 4) is 5.75 Å². The second kappa shape index (κ2) is 7.46. The minimum absolute atomic E-state index is 0.718. The molecular formula is C15H21N3O. The molecule has 19 heavy (non-hydrogen) atoms. The molecule has 1 heterocycles. The van der Waals surface area contributed by atoms with Crippen LogP contribution in [0.3, 0.4) is 0 Å². The smallest absolute Gasteiger partial charge is 0.202 e. The lowest BCUT2D eigenvalue weighted by atomic mass is 10.3. The second-order valence-corrected chi connectivity index (χ2v) is 4.39. The van der Waals surface area contributed by atoms with Crippen molar-refractivity contribution in [3.05, 3.63) is 42.7 Å². The Hall–Kier alpha value is -1.97. The van der Waals surface area contributed by atoms with Gasteiger partial charge in [-0.1, -0.05) is 25.1 Å². The van der Waals surface area contributed by atoms with Gasteiger partial charge in [-0.2, -0.15) is 0 Å². The van der Waals surface area contributed by atoms with Crippen LogP contribution in [0.5, 0.6) is 5.75 Å². The Morgan fingerprint density at radius 3 is 2.89 bits per heavy atom. The molecule has 0 saturated carbocycles. The summed E-state index contributed by atoms with van der Waals surface area (Å²) in [4.78, 5) is 4.30. The summed E-state index contributed by atoms with van der Waals surface area (Å²) in [6.45, 7) is 4.74. The highest BCUT2D eigenvalue weighted by molar-refractivity contribution is 5.25. The number of para-hydroxylation sites is 1. The number of anilines is 1. The van der Waals surface area contributed by atoms with Gasteiger partial charge in [0, 0.05) is 25.5 Å². The van der Waals surface area contributed by atoms with Crippen LogP contribution in [0.1, 0.15) is 19.8 Å². The van der Waals surface area contributed by atoms with Crippen LogP contribution in [-0.2, 0) is 6.54 Å². The minimum Gasteiger partial charge on any atom is -0.494 e. The highest BCUT2D eigenvalue weighted by Crippen LogP contribution is 2.10. The fourth-order valence-electron chi connectivity index (χ4n) is 1.84. The van der Waals surface area contributed by atoms with Crippen molar-refractivity contribution < 1.29 is 4.74 Å². The SMILES string of the molecule is CCCNc1nccn1CCCOc1ccccc1. The Labute approximate surface area is 114 Å². The van der Waals surface area contributed by atoms with Crippen LogP contribution in [0, 0.1) is 0 Å². The van der Waals surface area contributed by atoms with Crippen LogP contribution in [0.2, 0.25) is 0 Å². The molecule has 0 amide bonds. The molecule has 0 aliphatic heterocycles. The Morgan fingerprint density at radius 2 is 2.11 bits per heavy atom. The third-order valence-electron chi connectivity index (χ3n) is 2.80. The van der Waals surface area contributed by atoms with Gasteiger partial charge in [-0.25, -0.2) is 4.98 Å². The summed E-state index contributed by atoms with van der Waals surface area (Å²) in [7, 11) is 0. The normalized spacial score (nSPS) is 10.4. The van der Waals surface area contributed by atoms with Crippen LogP contribution in [0.15, 0.2) is 42.7 Å². The Kier molecular flexibility index (Phi) is 5.29. The van der Waals surface area contributed by atoms with Crippen LogP contribution < -0.4 is 10.1 Å². The lowest BCUT2D eigenvalue weighted by Gasteiger charge is -2.10. The maximum absolute atomic E-state index is 5.67. The van der Waals surface area contributed by atoms with E-state index in [0.717, 1.165) is 44.2 Å². The van der Waals surface area contributed by atoms with Crippen molar-refractivity contribution in [1.29, 1.82) is 0 Å². The standard InChI is InChI=1S/C15H21N3O/c1-2-9-16-15-17-10-12-18(15)11-6-13-19-14-7-4-3-5-8-14/h3-5,7-8,10,12H,2,6,9,11,13H2,1H3,(H,16,17). The minimum atomic E-state index is 0.718. The van der Waals surface area contributed by atoms with Gasteiger partial charge in [0.2, 0.25) is 5.95 Å². The van der Waals surface area contributed by atoms with Gasteiger partial charge in [-0.15, -0.1) is 0 Å². The van der Waals surface area contributed by atoms with E-state index in [1.54, 1.807) is 0 Å². The van der Waals surface area contributed by atoms with E-state index < -0.39 is 0 Å². The van der Waals surface area contributed by atoms with Crippen molar-refractivity contribution in [1.82, 2.24) is 9.55 Å². The molecule has 2 aromatic rings. The zero-order valence-electron chi connectivity index (χ0n) is 11.4. The molecular weight excluding hydrogens is 238 g/mol. The van der Waals surface area contributed by atoms with Crippen LogP contribution in [0.25, 0.3) is 0 Å². The third kappa shape index (κ3) is 4.32. The van der Waals surface area contributed by atoms with E-state index in [0.29, 0.717) is 0 Å². The first-order valence-electron chi connectivity index (χ1n) is 6.83. The highest BCUT2D eigenvalue weighted by atomic mass is 16.5. The van der Waals surface area contributed by atoms with E-state index in [2.05, 4.69) is 21.8 Å². The molecule has 0 bridgehead atoms. The van der Waals surface area contributed by atoms with Gasteiger partial charge in [-0.3, -0.25) is 0 Å². The first-order chi connectivity index (χ1) is 9.40. The molecule has 0 fully saturated rings. The molecule has 1 aromatic carbocycles.